The molecule has 332 valence electrons. The topological polar surface area (TPSA) is 24.9 Å². The zero-order chi connectivity index (χ0) is 47.9. The lowest BCUT2D eigenvalue weighted by molar-refractivity contribution is -0.410. The average Bonchev–Trinajstić information content (AvgIpc) is 3.38. The highest BCUT2D eigenvalue weighted by Crippen LogP contribution is 2.39. The Bertz CT molecular complexity index is 2880. The zero-order valence-electron chi connectivity index (χ0n) is 39.5. The highest BCUT2D eigenvalue weighted by atomic mass is 17.2. The van der Waals surface area contributed by atoms with E-state index in [-0.39, 0.29) is 0 Å². The van der Waals surface area contributed by atoms with Crippen molar-refractivity contribution in [2.45, 2.75) is 52.7 Å². The van der Waals surface area contributed by atoms with Crippen molar-refractivity contribution in [1.82, 2.24) is 0 Å². The van der Waals surface area contributed by atoms with Crippen LogP contribution in [0.1, 0.15) is 61.1 Å². The maximum Gasteiger partial charge on any atom is 0.123 e. The van der Waals surface area contributed by atoms with E-state index in [0.29, 0.717) is 0 Å². The first-order valence-corrected chi connectivity index (χ1v) is 22.5. The Morgan fingerprint density at radius 3 is 0.897 bits per heavy atom. The number of terminal acetylenes is 2. The third kappa shape index (κ3) is 12.2. The van der Waals surface area contributed by atoms with Gasteiger partial charge in [-0.1, -0.05) is 132 Å². The Morgan fingerprint density at radius 2 is 0.618 bits per heavy atom. The molecule has 0 aromatic heterocycles. The van der Waals surface area contributed by atoms with Crippen LogP contribution in [0.5, 0.6) is 0 Å². The van der Waals surface area contributed by atoms with Crippen molar-refractivity contribution in [2.24, 2.45) is 0 Å². The fourth-order valence-corrected chi connectivity index (χ4v) is 7.48. The van der Waals surface area contributed by atoms with Crippen molar-refractivity contribution in [3.05, 3.63) is 240 Å². The minimum atomic E-state index is -0.493. The molecule has 68 heavy (non-hydrogen) atoms. The molecule has 0 spiro atoms. The minimum absolute atomic E-state index is 0.493. The molecule has 0 N–H and O–H groups in total. The van der Waals surface area contributed by atoms with Gasteiger partial charge >= 0.3 is 0 Å². The van der Waals surface area contributed by atoms with Gasteiger partial charge in [-0.05, 0) is 185 Å². The molecule has 0 aliphatic heterocycles. The van der Waals surface area contributed by atoms with E-state index < -0.39 is 11.2 Å². The molecule has 0 amide bonds. The SMILES string of the molecule is C#CC#Cc1ccc(N(c2ccc(C)cc2)c2ccc(-c3ccc(N(c4ccc(C)cc4)c4ccc(C#CC#C)cc4)cc3)cc2)cc1.CC(C)(OOC(C)(C)c1ccccc1)c1ccccc1. The summed E-state index contributed by atoms with van der Waals surface area (Å²) >= 11 is 0. The normalized spacial score (nSPS) is 10.6. The standard InChI is InChI=1S/C46H32N2.C18H22O2/c1-5-7-9-37-15-27-43(28-16-37)47(41-23-11-35(3)12-24-41)45-31-19-39(20-32-45)40-21-33-46(34-22-40)48(42-25-13-36(4)14-26-42)44-29-17-38(18-30-44)10-8-6-2;1-17(2,15-11-7-5-8-12-15)19-20-18(3,4)16-13-9-6-10-14-16/h1-2,11-34H,3-4H3;5-14H,1-4H3. The van der Waals surface area contributed by atoms with Gasteiger partial charge in [0.15, 0.2) is 0 Å². The Hall–Kier alpha value is -8.48. The third-order valence-corrected chi connectivity index (χ3v) is 11.4. The lowest BCUT2D eigenvalue weighted by Gasteiger charge is -2.31. The van der Waals surface area contributed by atoms with Gasteiger partial charge in [-0.15, -0.1) is 12.8 Å². The van der Waals surface area contributed by atoms with Crippen LogP contribution < -0.4 is 9.80 Å². The van der Waals surface area contributed by atoms with Crippen LogP contribution in [0, 0.1) is 62.2 Å². The monoisotopic (exact) mass is 882 g/mol. The lowest BCUT2D eigenvalue weighted by Crippen LogP contribution is -2.29. The van der Waals surface area contributed by atoms with E-state index in [1.807, 2.05) is 113 Å². The van der Waals surface area contributed by atoms with Crippen LogP contribution in [0.25, 0.3) is 11.1 Å². The van der Waals surface area contributed by atoms with Crippen LogP contribution in [0.15, 0.2) is 206 Å². The number of rotatable bonds is 12. The molecule has 0 atom stereocenters. The molecule has 4 heteroatoms. The predicted octanol–water partition coefficient (Wildman–Crippen LogP) is 15.7. The van der Waals surface area contributed by atoms with Crippen LogP contribution in [0.4, 0.5) is 34.1 Å². The smallest absolute Gasteiger partial charge is 0.123 e. The van der Waals surface area contributed by atoms with Crippen LogP contribution >= 0.6 is 0 Å². The summed E-state index contributed by atoms with van der Waals surface area (Å²) in [6.45, 7) is 12.2. The summed E-state index contributed by atoms with van der Waals surface area (Å²) in [5.41, 5.74) is 14.0. The second-order valence-corrected chi connectivity index (χ2v) is 17.2. The first-order chi connectivity index (χ1) is 32.9. The van der Waals surface area contributed by atoms with Crippen molar-refractivity contribution in [3.63, 3.8) is 0 Å². The van der Waals surface area contributed by atoms with Gasteiger partial charge < -0.3 is 9.80 Å². The second kappa shape index (κ2) is 22.1. The zero-order valence-corrected chi connectivity index (χ0v) is 39.5. The van der Waals surface area contributed by atoms with E-state index in [0.717, 1.165) is 67.5 Å². The van der Waals surface area contributed by atoms with Gasteiger partial charge in [0, 0.05) is 45.3 Å². The minimum Gasteiger partial charge on any atom is -0.311 e. The van der Waals surface area contributed by atoms with Crippen molar-refractivity contribution >= 4 is 34.1 Å². The molecule has 4 nitrogen and oxygen atoms in total. The molecule has 0 heterocycles. The molecular weight excluding hydrogens is 829 g/mol. The van der Waals surface area contributed by atoms with Gasteiger partial charge in [-0.3, -0.25) is 0 Å². The number of aryl methyl sites for hydroxylation is 2. The third-order valence-electron chi connectivity index (χ3n) is 11.4. The summed E-state index contributed by atoms with van der Waals surface area (Å²) in [7, 11) is 0. The lowest BCUT2D eigenvalue weighted by atomic mass is 9.98. The van der Waals surface area contributed by atoms with Crippen molar-refractivity contribution in [1.29, 1.82) is 0 Å². The molecule has 0 unspecified atom stereocenters. The first kappa shape index (κ1) is 47.5. The van der Waals surface area contributed by atoms with Crippen LogP contribution in [-0.2, 0) is 21.0 Å². The molecule has 0 fully saturated rings. The maximum atomic E-state index is 5.73. The highest BCUT2D eigenvalue weighted by molar-refractivity contribution is 5.81. The molecule has 0 saturated heterocycles. The van der Waals surface area contributed by atoms with E-state index in [4.69, 9.17) is 22.6 Å². The molecule has 8 aromatic carbocycles. The molecule has 0 radical (unpaired) electrons. The molecule has 0 saturated carbocycles. The van der Waals surface area contributed by atoms with Gasteiger partial charge in [0.25, 0.3) is 0 Å². The summed E-state index contributed by atoms with van der Waals surface area (Å²) in [4.78, 5) is 16.0. The van der Waals surface area contributed by atoms with Crippen molar-refractivity contribution in [2.75, 3.05) is 9.80 Å². The summed E-state index contributed by atoms with van der Waals surface area (Å²) in [6.07, 6.45) is 10.6. The molecular formula is C64H54N2O2. The predicted molar refractivity (Wildman–Crippen MR) is 283 cm³/mol. The fraction of sp³-hybridized carbons (Fsp3) is 0.125. The Labute approximate surface area is 403 Å². The Kier molecular flexibility index (Phi) is 15.5. The van der Waals surface area contributed by atoms with E-state index >= 15 is 0 Å². The first-order valence-electron chi connectivity index (χ1n) is 22.5. The summed E-state index contributed by atoms with van der Waals surface area (Å²) in [5.74, 6) is 16.1. The molecule has 0 aliphatic rings. The average molecular weight is 883 g/mol. The van der Waals surface area contributed by atoms with Gasteiger partial charge in [0.2, 0.25) is 0 Å². The number of nitrogens with zero attached hydrogens (tertiary/aromatic N) is 2. The van der Waals surface area contributed by atoms with E-state index in [9.17, 15) is 0 Å². The number of benzene rings is 8. The van der Waals surface area contributed by atoms with Gasteiger partial charge in [0.1, 0.15) is 11.2 Å². The van der Waals surface area contributed by atoms with Gasteiger partial charge in [-0.25, -0.2) is 9.78 Å². The Balaban J connectivity index is 0.000000286. The van der Waals surface area contributed by atoms with Crippen LogP contribution in [0.3, 0.4) is 0 Å². The van der Waals surface area contributed by atoms with Gasteiger partial charge in [0.05, 0.1) is 0 Å². The second-order valence-electron chi connectivity index (χ2n) is 17.2. The van der Waals surface area contributed by atoms with Crippen LogP contribution in [0.2, 0.25) is 0 Å². The molecule has 0 aliphatic carbocycles. The van der Waals surface area contributed by atoms with Crippen molar-refractivity contribution < 1.29 is 9.78 Å². The quantitative estimate of drug-likeness (QED) is 0.0693. The fourth-order valence-electron chi connectivity index (χ4n) is 7.48. The largest absolute Gasteiger partial charge is 0.311 e. The Morgan fingerprint density at radius 1 is 0.353 bits per heavy atom. The summed E-state index contributed by atoms with van der Waals surface area (Å²) in [5, 5.41) is 0. The van der Waals surface area contributed by atoms with Crippen LogP contribution in [-0.4, -0.2) is 0 Å². The summed E-state index contributed by atoms with van der Waals surface area (Å²) < 4.78 is 0. The highest BCUT2D eigenvalue weighted by Gasteiger charge is 2.29. The number of hydrogen-bond acceptors (Lipinski definition) is 4. The van der Waals surface area contributed by atoms with E-state index in [1.165, 1.54) is 11.1 Å². The number of hydrogen-bond donors (Lipinski definition) is 0. The van der Waals surface area contributed by atoms with Gasteiger partial charge in [-0.2, -0.15) is 0 Å². The number of anilines is 6. The van der Waals surface area contributed by atoms with E-state index in [2.05, 4.69) is 180 Å². The molecule has 0 bridgehead atoms. The van der Waals surface area contributed by atoms with Crippen molar-refractivity contribution in [3.8, 4) is 59.5 Å². The van der Waals surface area contributed by atoms with E-state index in [1.54, 1.807) is 0 Å². The maximum absolute atomic E-state index is 5.73. The summed E-state index contributed by atoms with van der Waals surface area (Å²) in [6, 6.07) is 70.9. The molecule has 8 aromatic rings. The molecule has 8 rings (SSSR count).